The van der Waals surface area contributed by atoms with E-state index in [9.17, 15) is 13.2 Å². The van der Waals surface area contributed by atoms with E-state index in [0.29, 0.717) is 26.2 Å². The van der Waals surface area contributed by atoms with E-state index < -0.39 is 12.1 Å². The van der Waals surface area contributed by atoms with Crippen molar-refractivity contribution in [3.63, 3.8) is 0 Å². The molecule has 1 aromatic rings. The number of alkyl halides is 3. The summed E-state index contributed by atoms with van der Waals surface area (Å²) in [4.78, 5) is 6.55. The van der Waals surface area contributed by atoms with Crippen LogP contribution < -0.4 is 5.32 Å². The molecule has 0 aliphatic carbocycles. The van der Waals surface area contributed by atoms with Gasteiger partial charge in [0.05, 0.1) is 17.3 Å². The minimum atomic E-state index is -4.04. The second kappa shape index (κ2) is 6.54. The predicted molar refractivity (Wildman–Crippen MR) is 71.1 cm³/mol. The van der Waals surface area contributed by atoms with Crippen LogP contribution in [0, 0.1) is 5.92 Å². The fourth-order valence-electron chi connectivity index (χ4n) is 2.54. The number of halogens is 3. The Bertz CT molecular complexity index is 426. The third-order valence-electron chi connectivity index (χ3n) is 3.66. The summed E-state index contributed by atoms with van der Waals surface area (Å²) in [6.45, 7) is 2.30. The number of nitrogens with zero attached hydrogens (tertiary/aromatic N) is 2. The van der Waals surface area contributed by atoms with Gasteiger partial charge in [-0.15, -0.1) is 0 Å². The van der Waals surface area contributed by atoms with Gasteiger partial charge in [-0.3, -0.25) is 9.88 Å². The van der Waals surface area contributed by atoms with E-state index in [1.54, 1.807) is 0 Å². The maximum atomic E-state index is 12.6. The van der Waals surface area contributed by atoms with Crippen LogP contribution in [-0.2, 0) is 13.1 Å². The van der Waals surface area contributed by atoms with Gasteiger partial charge in [0.2, 0.25) is 0 Å². The number of rotatable bonds is 4. The van der Waals surface area contributed by atoms with Crippen LogP contribution in [0.5, 0.6) is 0 Å². The molecule has 2 rings (SSSR count). The van der Waals surface area contributed by atoms with Gasteiger partial charge in [0.1, 0.15) is 0 Å². The Balaban J connectivity index is 1.88. The molecule has 1 aliphatic rings. The molecule has 0 spiro atoms. The van der Waals surface area contributed by atoms with Crippen molar-refractivity contribution in [3.05, 3.63) is 29.6 Å². The molecule has 0 amide bonds. The van der Waals surface area contributed by atoms with E-state index in [4.69, 9.17) is 0 Å². The van der Waals surface area contributed by atoms with Crippen LogP contribution in [0.25, 0.3) is 0 Å². The third-order valence-corrected chi connectivity index (χ3v) is 3.66. The first-order valence-corrected chi connectivity index (χ1v) is 6.87. The van der Waals surface area contributed by atoms with Crippen molar-refractivity contribution in [2.75, 3.05) is 20.1 Å². The summed E-state index contributed by atoms with van der Waals surface area (Å²) in [5.41, 5.74) is 1.87. The van der Waals surface area contributed by atoms with Gasteiger partial charge in [0.25, 0.3) is 0 Å². The molecule has 6 heteroatoms. The molecule has 0 saturated carbocycles. The van der Waals surface area contributed by atoms with Crippen molar-refractivity contribution >= 4 is 0 Å². The summed E-state index contributed by atoms with van der Waals surface area (Å²) in [5, 5.41) is 3.04. The molecule has 20 heavy (non-hydrogen) atoms. The molecule has 0 atom stereocenters. The number of hydrogen-bond acceptors (Lipinski definition) is 3. The lowest BCUT2D eigenvalue weighted by atomic mass is 9.96. The quantitative estimate of drug-likeness (QED) is 0.922. The molecule has 0 aromatic carbocycles. The average Bonchev–Trinajstić information content (AvgIpc) is 2.39. The Hall–Kier alpha value is -1.14. The van der Waals surface area contributed by atoms with Gasteiger partial charge >= 0.3 is 6.18 Å². The molecule has 1 fully saturated rings. The van der Waals surface area contributed by atoms with Crippen molar-refractivity contribution in [3.8, 4) is 0 Å². The number of piperidine rings is 1. The number of nitrogens with one attached hydrogen (secondary N) is 1. The van der Waals surface area contributed by atoms with Gasteiger partial charge in [-0.25, -0.2) is 0 Å². The number of likely N-dealkylation sites (tertiary alicyclic amines) is 1. The lowest BCUT2D eigenvalue weighted by Crippen LogP contribution is -2.38. The molecule has 1 aliphatic heterocycles. The number of pyridine rings is 1. The second-order valence-electron chi connectivity index (χ2n) is 5.24. The molecule has 0 unspecified atom stereocenters. The van der Waals surface area contributed by atoms with E-state index in [-0.39, 0.29) is 12.8 Å². The van der Waals surface area contributed by atoms with E-state index in [2.05, 4.69) is 10.3 Å². The third kappa shape index (κ3) is 4.18. The molecule has 0 bridgehead atoms. The lowest BCUT2D eigenvalue weighted by molar-refractivity contribution is -0.185. The monoisotopic (exact) mass is 287 g/mol. The fraction of sp³-hybridized carbons (Fsp3) is 0.643. The summed E-state index contributed by atoms with van der Waals surface area (Å²) >= 11 is 0. The van der Waals surface area contributed by atoms with Gasteiger partial charge < -0.3 is 5.32 Å². The summed E-state index contributed by atoms with van der Waals surface area (Å²) in [6.07, 6.45) is -3.66. The number of hydrogen-bond donors (Lipinski definition) is 1. The highest BCUT2D eigenvalue weighted by molar-refractivity contribution is 5.11. The lowest BCUT2D eigenvalue weighted by Gasteiger charge is -2.32. The minimum absolute atomic E-state index is 0.194. The highest BCUT2D eigenvalue weighted by Crippen LogP contribution is 2.34. The summed E-state index contributed by atoms with van der Waals surface area (Å²) in [6, 6.07) is 5.81. The van der Waals surface area contributed by atoms with Gasteiger partial charge in [0, 0.05) is 13.1 Å². The molecule has 1 N–H and O–H groups in total. The first-order chi connectivity index (χ1) is 9.49. The maximum absolute atomic E-state index is 12.6. The Morgan fingerprint density at radius 2 is 1.90 bits per heavy atom. The predicted octanol–water partition coefficient (Wildman–Crippen LogP) is 2.58. The Kier molecular flexibility index (Phi) is 4.99. The van der Waals surface area contributed by atoms with E-state index in [1.165, 1.54) is 0 Å². The largest absolute Gasteiger partial charge is 0.391 e. The van der Waals surface area contributed by atoms with E-state index in [1.807, 2.05) is 30.1 Å². The van der Waals surface area contributed by atoms with Crippen LogP contribution in [0.15, 0.2) is 18.2 Å². The van der Waals surface area contributed by atoms with Gasteiger partial charge in [-0.05, 0) is 45.1 Å². The summed E-state index contributed by atoms with van der Waals surface area (Å²) in [5.74, 6) is -1.14. The molecule has 0 radical (unpaired) electrons. The highest BCUT2D eigenvalue weighted by atomic mass is 19.4. The Morgan fingerprint density at radius 3 is 2.50 bits per heavy atom. The summed E-state index contributed by atoms with van der Waals surface area (Å²) < 4.78 is 37.8. The summed E-state index contributed by atoms with van der Waals surface area (Å²) in [7, 11) is 1.86. The Morgan fingerprint density at radius 1 is 1.25 bits per heavy atom. The van der Waals surface area contributed by atoms with Crippen molar-refractivity contribution in [1.82, 2.24) is 15.2 Å². The van der Waals surface area contributed by atoms with Crippen molar-refractivity contribution in [1.29, 1.82) is 0 Å². The molecule has 2 heterocycles. The van der Waals surface area contributed by atoms with Crippen LogP contribution in [0.3, 0.4) is 0 Å². The smallest absolute Gasteiger partial charge is 0.314 e. The van der Waals surface area contributed by atoms with Crippen LogP contribution in [0.2, 0.25) is 0 Å². The van der Waals surface area contributed by atoms with Crippen molar-refractivity contribution < 1.29 is 13.2 Å². The zero-order valence-electron chi connectivity index (χ0n) is 11.6. The SMILES string of the molecule is CNCc1cccc(CN2CCC(C(F)(F)F)CC2)n1. The Labute approximate surface area is 117 Å². The molecular weight excluding hydrogens is 267 g/mol. The zero-order valence-corrected chi connectivity index (χ0v) is 11.6. The van der Waals surface area contributed by atoms with Crippen LogP contribution in [0.1, 0.15) is 24.2 Å². The molecule has 1 saturated heterocycles. The highest BCUT2D eigenvalue weighted by Gasteiger charge is 2.40. The minimum Gasteiger partial charge on any atom is -0.314 e. The zero-order chi connectivity index (χ0) is 14.6. The van der Waals surface area contributed by atoms with Gasteiger partial charge in [-0.2, -0.15) is 13.2 Å². The van der Waals surface area contributed by atoms with Crippen molar-refractivity contribution in [2.24, 2.45) is 5.92 Å². The normalized spacial score (nSPS) is 18.4. The standard InChI is InChI=1S/C14H20F3N3/c1-18-9-12-3-2-4-13(19-12)10-20-7-5-11(6-8-20)14(15,16)17/h2-4,11,18H,5-10H2,1H3. The number of aromatic nitrogens is 1. The van der Waals surface area contributed by atoms with Gasteiger partial charge in [0.15, 0.2) is 0 Å². The van der Waals surface area contributed by atoms with Gasteiger partial charge in [-0.1, -0.05) is 6.07 Å². The van der Waals surface area contributed by atoms with Crippen LogP contribution in [0.4, 0.5) is 13.2 Å². The first-order valence-electron chi connectivity index (χ1n) is 6.87. The van der Waals surface area contributed by atoms with Crippen molar-refractivity contribution in [2.45, 2.75) is 32.1 Å². The molecule has 112 valence electrons. The molecular formula is C14H20F3N3. The molecule has 1 aromatic heterocycles. The first kappa shape index (κ1) is 15.3. The second-order valence-corrected chi connectivity index (χ2v) is 5.24. The van der Waals surface area contributed by atoms with Crippen LogP contribution >= 0.6 is 0 Å². The fourth-order valence-corrected chi connectivity index (χ4v) is 2.54. The van der Waals surface area contributed by atoms with E-state index >= 15 is 0 Å². The van der Waals surface area contributed by atoms with Crippen LogP contribution in [-0.4, -0.2) is 36.2 Å². The average molecular weight is 287 g/mol. The maximum Gasteiger partial charge on any atom is 0.391 e. The topological polar surface area (TPSA) is 28.2 Å². The van der Waals surface area contributed by atoms with E-state index in [0.717, 1.165) is 11.4 Å². The molecule has 3 nitrogen and oxygen atoms in total.